The molecule has 0 aliphatic heterocycles. The standard InChI is InChI=1S/C11H13BrN2O2S/c1-16-10(15)4-5-17-9-6-8(12)13-11(14-9)7-2-3-7/h6-7H,2-5H2,1H3. The summed E-state index contributed by atoms with van der Waals surface area (Å²) in [6, 6.07) is 1.88. The second kappa shape index (κ2) is 5.82. The molecule has 0 radical (unpaired) electrons. The first-order chi connectivity index (χ1) is 8.19. The van der Waals surface area contributed by atoms with Crippen LogP contribution in [0, 0.1) is 0 Å². The number of thioether (sulfide) groups is 1. The van der Waals surface area contributed by atoms with Gasteiger partial charge in [-0.15, -0.1) is 11.8 Å². The fourth-order valence-corrected chi connectivity index (χ4v) is 2.73. The highest BCUT2D eigenvalue weighted by Crippen LogP contribution is 2.39. The Morgan fingerprint density at radius 1 is 1.59 bits per heavy atom. The number of hydrogen-bond donors (Lipinski definition) is 0. The highest BCUT2D eigenvalue weighted by Gasteiger charge is 2.27. The van der Waals surface area contributed by atoms with Crippen LogP contribution in [-0.4, -0.2) is 28.8 Å². The molecule has 1 saturated carbocycles. The van der Waals surface area contributed by atoms with Crippen LogP contribution in [-0.2, 0) is 9.53 Å². The molecule has 0 bridgehead atoms. The minimum atomic E-state index is -0.187. The smallest absolute Gasteiger partial charge is 0.306 e. The normalized spacial score (nSPS) is 14.7. The molecule has 0 N–H and O–H groups in total. The Balaban J connectivity index is 1.93. The van der Waals surface area contributed by atoms with Crippen LogP contribution in [0.15, 0.2) is 15.7 Å². The van der Waals surface area contributed by atoms with Gasteiger partial charge in [-0.05, 0) is 28.8 Å². The summed E-state index contributed by atoms with van der Waals surface area (Å²) in [7, 11) is 1.40. The Bertz CT molecular complexity index is 424. The van der Waals surface area contributed by atoms with E-state index in [1.54, 1.807) is 11.8 Å². The minimum absolute atomic E-state index is 0.187. The molecular formula is C11H13BrN2O2S. The lowest BCUT2D eigenvalue weighted by molar-refractivity contribution is -0.140. The Hall–Kier alpha value is -0.620. The average molecular weight is 317 g/mol. The van der Waals surface area contributed by atoms with Gasteiger partial charge in [0.1, 0.15) is 15.5 Å². The van der Waals surface area contributed by atoms with Crippen molar-refractivity contribution in [1.82, 2.24) is 9.97 Å². The van der Waals surface area contributed by atoms with Gasteiger partial charge in [0, 0.05) is 17.7 Å². The van der Waals surface area contributed by atoms with Crippen molar-refractivity contribution in [2.24, 2.45) is 0 Å². The first-order valence-electron chi connectivity index (χ1n) is 5.43. The van der Waals surface area contributed by atoms with E-state index in [-0.39, 0.29) is 5.97 Å². The lowest BCUT2D eigenvalue weighted by atomic mass is 10.4. The topological polar surface area (TPSA) is 52.1 Å². The molecule has 0 atom stereocenters. The third kappa shape index (κ3) is 3.96. The molecule has 17 heavy (non-hydrogen) atoms. The van der Waals surface area contributed by atoms with Gasteiger partial charge in [0.15, 0.2) is 0 Å². The summed E-state index contributed by atoms with van der Waals surface area (Å²) in [4.78, 5) is 19.8. The van der Waals surface area contributed by atoms with Gasteiger partial charge in [0.25, 0.3) is 0 Å². The lowest BCUT2D eigenvalue weighted by Gasteiger charge is -2.03. The van der Waals surface area contributed by atoms with E-state index < -0.39 is 0 Å². The number of nitrogens with zero attached hydrogens (tertiary/aromatic N) is 2. The fraction of sp³-hybridized carbons (Fsp3) is 0.545. The predicted molar refractivity (Wildman–Crippen MR) is 69.1 cm³/mol. The van der Waals surface area contributed by atoms with Crippen LogP contribution in [0.3, 0.4) is 0 Å². The number of methoxy groups -OCH3 is 1. The first kappa shape index (κ1) is 12.8. The Morgan fingerprint density at radius 3 is 3.00 bits per heavy atom. The molecule has 0 saturated heterocycles. The van der Waals surface area contributed by atoms with Crippen molar-refractivity contribution in [2.45, 2.75) is 30.2 Å². The second-order valence-electron chi connectivity index (χ2n) is 3.84. The number of halogens is 1. The number of hydrogen-bond acceptors (Lipinski definition) is 5. The summed E-state index contributed by atoms with van der Waals surface area (Å²) in [5.74, 6) is 1.95. The molecule has 0 spiro atoms. The molecule has 1 fully saturated rings. The molecular weight excluding hydrogens is 304 g/mol. The number of rotatable bonds is 5. The Morgan fingerprint density at radius 2 is 2.35 bits per heavy atom. The van der Waals surface area contributed by atoms with Gasteiger partial charge in [-0.2, -0.15) is 0 Å². The van der Waals surface area contributed by atoms with Crippen LogP contribution < -0.4 is 0 Å². The van der Waals surface area contributed by atoms with Crippen molar-refractivity contribution in [2.75, 3.05) is 12.9 Å². The number of ether oxygens (including phenoxy) is 1. The Kier molecular flexibility index (Phi) is 4.39. The van der Waals surface area contributed by atoms with Gasteiger partial charge < -0.3 is 4.74 Å². The Labute approximate surface area is 113 Å². The molecule has 1 aromatic heterocycles. The van der Waals surface area contributed by atoms with Gasteiger partial charge >= 0.3 is 5.97 Å². The van der Waals surface area contributed by atoms with Crippen molar-refractivity contribution in [3.63, 3.8) is 0 Å². The quantitative estimate of drug-likeness (QED) is 0.475. The zero-order valence-electron chi connectivity index (χ0n) is 9.48. The molecule has 4 nitrogen and oxygen atoms in total. The van der Waals surface area contributed by atoms with Gasteiger partial charge in [0.2, 0.25) is 0 Å². The van der Waals surface area contributed by atoms with Crippen LogP contribution in [0.2, 0.25) is 0 Å². The summed E-state index contributed by atoms with van der Waals surface area (Å²) < 4.78 is 5.40. The van der Waals surface area contributed by atoms with E-state index in [0.29, 0.717) is 18.1 Å². The monoisotopic (exact) mass is 316 g/mol. The van der Waals surface area contributed by atoms with E-state index in [2.05, 4.69) is 30.6 Å². The van der Waals surface area contributed by atoms with Crippen LogP contribution in [0.5, 0.6) is 0 Å². The molecule has 6 heteroatoms. The first-order valence-corrected chi connectivity index (χ1v) is 7.21. The average Bonchev–Trinajstić information content (AvgIpc) is 3.12. The van der Waals surface area contributed by atoms with Gasteiger partial charge in [0.05, 0.1) is 13.5 Å². The van der Waals surface area contributed by atoms with Crippen molar-refractivity contribution < 1.29 is 9.53 Å². The molecule has 1 heterocycles. The lowest BCUT2D eigenvalue weighted by Crippen LogP contribution is -2.01. The van der Waals surface area contributed by atoms with E-state index in [1.165, 1.54) is 20.0 Å². The number of carbonyl (C=O) groups excluding carboxylic acids is 1. The van der Waals surface area contributed by atoms with Gasteiger partial charge in [-0.1, -0.05) is 0 Å². The summed E-state index contributed by atoms with van der Waals surface area (Å²) >= 11 is 4.94. The molecule has 92 valence electrons. The highest BCUT2D eigenvalue weighted by molar-refractivity contribution is 9.10. The summed E-state index contributed by atoms with van der Waals surface area (Å²) in [6.45, 7) is 0. The van der Waals surface area contributed by atoms with Crippen LogP contribution in [0.1, 0.15) is 31.0 Å². The predicted octanol–water partition coefficient (Wildman–Crippen LogP) is 2.77. The van der Waals surface area contributed by atoms with Crippen LogP contribution >= 0.6 is 27.7 Å². The van der Waals surface area contributed by atoms with Crippen molar-refractivity contribution in [3.8, 4) is 0 Å². The van der Waals surface area contributed by atoms with E-state index in [9.17, 15) is 4.79 Å². The molecule has 0 unspecified atom stereocenters. The largest absolute Gasteiger partial charge is 0.469 e. The van der Waals surface area contributed by atoms with Crippen molar-refractivity contribution in [1.29, 1.82) is 0 Å². The van der Waals surface area contributed by atoms with Gasteiger partial charge in [-0.3, -0.25) is 4.79 Å². The maximum atomic E-state index is 11.0. The third-order valence-corrected chi connectivity index (χ3v) is 3.73. The molecule has 1 aromatic rings. The third-order valence-electron chi connectivity index (χ3n) is 2.41. The minimum Gasteiger partial charge on any atom is -0.469 e. The zero-order chi connectivity index (χ0) is 12.3. The van der Waals surface area contributed by atoms with E-state index in [1.807, 2.05) is 6.07 Å². The van der Waals surface area contributed by atoms with Crippen molar-refractivity contribution in [3.05, 3.63) is 16.5 Å². The molecule has 0 amide bonds. The van der Waals surface area contributed by atoms with E-state index in [0.717, 1.165) is 15.5 Å². The summed E-state index contributed by atoms with van der Waals surface area (Å²) in [6.07, 6.45) is 2.77. The summed E-state index contributed by atoms with van der Waals surface area (Å²) in [5.41, 5.74) is 0. The SMILES string of the molecule is COC(=O)CCSc1cc(Br)nc(C2CC2)n1. The second-order valence-corrected chi connectivity index (χ2v) is 5.76. The van der Waals surface area contributed by atoms with Gasteiger partial charge in [-0.25, -0.2) is 9.97 Å². The van der Waals surface area contributed by atoms with E-state index in [4.69, 9.17) is 0 Å². The fourth-order valence-electron chi connectivity index (χ4n) is 1.35. The molecule has 1 aliphatic carbocycles. The van der Waals surface area contributed by atoms with E-state index >= 15 is 0 Å². The van der Waals surface area contributed by atoms with Crippen molar-refractivity contribution >= 4 is 33.7 Å². The number of esters is 1. The summed E-state index contributed by atoms with van der Waals surface area (Å²) in [5, 5.41) is 0.915. The number of aromatic nitrogens is 2. The molecule has 0 aromatic carbocycles. The molecule has 2 rings (SSSR count). The molecule has 1 aliphatic rings. The maximum Gasteiger partial charge on any atom is 0.306 e. The zero-order valence-corrected chi connectivity index (χ0v) is 11.9. The van der Waals surface area contributed by atoms with Crippen LogP contribution in [0.25, 0.3) is 0 Å². The maximum absolute atomic E-state index is 11.0. The van der Waals surface area contributed by atoms with Crippen LogP contribution in [0.4, 0.5) is 0 Å². The number of carbonyl (C=O) groups is 1. The highest BCUT2D eigenvalue weighted by atomic mass is 79.9.